The van der Waals surface area contributed by atoms with Gasteiger partial charge in [0.25, 0.3) is 0 Å². The van der Waals surface area contributed by atoms with Gasteiger partial charge in [-0.05, 0) is 6.42 Å². The van der Waals surface area contributed by atoms with Crippen molar-refractivity contribution in [3.05, 3.63) is 0 Å². The third kappa shape index (κ3) is 5.50. The SMILES string of the molecule is COC(=O)C(N)CCC(=O)OCCN. The summed E-state index contributed by atoms with van der Waals surface area (Å²) in [5, 5.41) is 0. The monoisotopic (exact) mass is 204 g/mol. The summed E-state index contributed by atoms with van der Waals surface area (Å²) in [6, 6.07) is -0.773. The molecule has 0 aromatic heterocycles. The summed E-state index contributed by atoms with van der Waals surface area (Å²) in [6.45, 7) is 0.473. The van der Waals surface area contributed by atoms with E-state index in [2.05, 4.69) is 9.47 Å². The molecule has 0 amide bonds. The third-order valence-corrected chi connectivity index (χ3v) is 1.54. The van der Waals surface area contributed by atoms with Crippen LogP contribution in [0.1, 0.15) is 12.8 Å². The van der Waals surface area contributed by atoms with Crippen molar-refractivity contribution in [1.82, 2.24) is 0 Å². The molecular weight excluding hydrogens is 188 g/mol. The molecule has 0 heterocycles. The fourth-order valence-corrected chi connectivity index (χ4v) is 0.788. The number of methoxy groups -OCH3 is 1. The summed E-state index contributed by atoms with van der Waals surface area (Å²) < 4.78 is 9.07. The van der Waals surface area contributed by atoms with Gasteiger partial charge in [-0.25, -0.2) is 0 Å². The van der Waals surface area contributed by atoms with E-state index in [-0.39, 0.29) is 26.0 Å². The molecule has 0 aromatic carbocycles. The summed E-state index contributed by atoms with van der Waals surface area (Å²) in [7, 11) is 1.24. The Kier molecular flexibility index (Phi) is 6.69. The zero-order valence-electron chi connectivity index (χ0n) is 8.19. The summed E-state index contributed by atoms with van der Waals surface area (Å²) in [5.74, 6) is -0.938. The quantitative estimate of drug-likeness (QED) is 0.525. The average Bonchev–Trinajstić information content (AvgIpc) is 2.21. The van der Waals surface area contributed by atoms with Gasteiger partial charge in [-0.2, -0.15) is 0 Å². The van der Waals surface area contributed by atoms with E-state index < -0.39 is 18.0 Å². The minimum absolute atomic E-state index is 0.0935. The Bertz CT molecular complexity index is 196. The molecule has 14 heavy (non-hydrogen) atoms. The van der Waals surface area contributed by atoms with E-state index in [1.165, 1.54) is 7.11 Å². The van der Waals surface area contributed by atoms with Crippen molar-refractivity contribution >= 4 is 11.9 Å². The Balaban J connectivity index is 3.60. The van der Waals surface area contributed by atoms with Crippen LogP contribution in [0.3, 0.4) is 0 Å². The van der Waals surface area contributed by atoms with Crippen molar-refractivity contribution in [1.29, 1.82) is 0 Å². The second kappa shape index (κ2) is 7.28. The van der Waals surface area contributed by atoms with E-state index in [0.29, 0.717) is 0 Å². The molecule has 0 aliphatic rings. The smallest absolute Gasteiger partial charge is 0.322 e. The summed E-state index contributed by atoms with van der Waals surface area (Å²) in [6.07, 6.45) is 0.312. The number of rotatable bonds is 6. The van der Waals surface area contributed by atoms with Gasteiger partial charge in [-0.3, -0.25) is 9.59 Å². The van der Waals surface area contributed by atoms with Crippen LogP contribution < -0.4 is 11.5 Å². The maximum atomic E-state index is 10.9. The topological polar surface area (TPSA) is 105 Å². The Morgan fingerprint density at radius 2 is 2.07 bits per heavy atom. The van der Waals surface area contributed by atoms with Gasteiger partial charge in [0.2, 0.25) is 0 Å². The van der Waals surface area contributed by atoms with E-state index in [1.54, 1.807) is 0 Å². The average molecular weight is 204 g/mol. The van der Waals surface area contributed by atoms with Gasteiger partial charge in [0.15, 0.2) is 0 Å². The molecule has 0 rings (SSSR count). The first-order chi connectivity index (χ1) is 6.61. The lowest BCUT2D eigenvalue weighted by molar-refractivity contribution is -0.145. The molecule has 0 spiro atoms. The third-order valence-electron chi connectivity index (χ3n) is 1.54. The second-order valence-electron chi connectivity index (χ2n) is 2.68. The Morgan fingerprint density at radius 1 is 1.43 bits per heavy atom. The molecule has 6 heteroatoms. The molecule has 82 valence electrons. The minimum atomic E-state index is -0.773. The van der Waals surface area contributed by atoms with Gasteiger partial charge in [-0.15, -0.1) is 0 Å². The number of carbonyl (C=O) groups excluding carboxylic acids is 2. The summed E-state index contributed by atoms with van der Waals surface area (Å²) in [4.78, 5) is 21.8. The van der Waals surface area contributed by atoms with E-state index in [9.17, 15) is 9.59 Å². The second-order valence-corrected chi connectivity index (χ2v) is 2.68. The molecule has 0 fully saturated rings. The molecule has 1 atom stereocenters. The highest BCUT2D eigenvalue weighted by atomic mass is 16.5. The maximum Gasteiger partial charge on any atom is 0.322 e. The van der Waals surface area contributed by atoms with Crippen LogP contribution in [0.25, 0.3) is 0 Å². The lowest BCUT2D eigenvalue weighted by Gasteiger charge is -2.08. The number of nitrogens with two attached hydrogens (primary N) is 2. The highest BCUT2D eigenvalue weighted by Gasteiger charge is 2.15. The lowest BCUT2D eigenvalue weighted by atomic mass is 10.2. The zero-order valence-corrected chi connectivity index (χ0v) is 8.19. The molecular formula is C8H16N2O4. The molecule has 0 bridgehead atoms. The van der Waals surface area contributed by atoms with E-state index in [1.807, 2.05) is 0 Å². The van der Waals surface area contributed by atoms with Gasteiger partial charge in [0, 0.05) is 13.0 Å². The van der Waals surface area contributed by atoms with Gasteiger partial charge in [0.1, 0.15) is 12.6 Å². The van der Waals surface area contributed by atoms with Crippen molar-refractivity contribution in [2.24, 2.45) is 11.5 Å². The van der Waals surface area contributed by atoms with Crippen molar-refractivity contribution in [2.45, 2.75) is 18.9 Å². The molecule has 6 nitrogen and oxygen atoms in total. The largest absolute Gasteiger partial charge is 0.468 e. The van der Waals surface area contributed by atoms with Gasteiger partial charge >= 0.3 is 11.9 Å². The van der Waals surface area contributed by atoms with Crippen molar-refractivity contribution in [3.8, 4) is 0 Å². The normalized spacial score (nSPS) is 11.9. The van der Waals surface area contributed by atoms with Crippen LogP contribution in [0.2, 0.25) is 0 Å². The number of esters is 2. The molecule has 4 N–H and O–H groups in total. The fraction of sp³-hybridized carbons (Fsp3) is 0.750. The van der Waals surface area contributed by atoms with Crippen LogP contribution in [0.15, 0.2) is 0 Å². The standard InChI is InChI=1S/C8H16N2O4/c1-13-8(12)6(10)2-3-7(11)14-5-4-9/h6H,2-5,9-10H2,1H3. The number of carbonyl (C=O) groups is 2. The van der Waals surface area contributed by atoms with Crippen molar-refractivity contribution in [3.63, 3.8) is 0 Å². The Morgan fingerprint density at radius 3 is 2.57 bits per heavy atom. The van der Waals surface area contributed by atoms with Gasteiger partial charge in [0.05, 0.1) is 7.11 Å². The van der Waals surface area contributed by atoms with Crippen LogP contribution >= 0.6 is 0 Å². The number of hydrogen-bond donors (Lipinski definition) is 2. The highest BCUT2D eigenvalue weighted by molar-refractivity contribution is 5.76. The first-order valence-electron chi connectivity index (χ1n) is 4.31. The maximum absolute atomic E-state index is 10.9. The van der Waals surface area contributed by atoms with Crippen LogP contribution in [0.5, 0.6) is 0 Å². The van der Waals surface area contributed by atoms with Gasteiger partial charge < -0.3 is 20.9 Å². The predicted molar refractivity (Wildman–Crippen MR) is 49.2 cm³/mol. The first-order valence-corrected chi connectivity index (χ1v) is 4.31. The molecule has 0 aliphatic carbocycles. The van der Waals surface area contributed by atoms with E-state index in [4.69, 9.17) is 11.5 Å². The minimum Gasteiger partial charge on any atom is -0.468 e. The van der Waals surface area contributed by atoms with Crippen LogP contribution in [0.4, 0.5) is 0 Å². The molecule has 0 saturated carbocycles. The molecule has 0 saturated heterocycles. The molecule has 1 unspecified atom stereocenters. The number of hydrogen-bond acceptors (Lipinski definition) is 6. The molecule has 0 radical (unpaired) electrons. The Hall–Kier alpha value is -1.14. The van der Waals surface area contributed by atoms with Gasteiger partial charge in [-0.1, -0.05) is 0 Å². The first kappa shape index (κ1) is 12.9. The predicted octanol–water partition coefficient (Wildman–Crippen LogP) is -1.23. The fourth-order valence-electron chi connectivity index (χ4n) is 0.788. The Labute approximate surface area is 82.5 Å². The van der Waals surface area contributed by atoms with Crippen molar-refractivity contribution < 1.29 is 19.1 Å². The van der Waals surface area contributed by atoms with Crippen LogP contribution in [0, 0.1) is 0 Å². The molecule has 0 aliphatic heterocycles. The number of ether oxygens (including phenoxy) is 2. The lowest BCUT2D eigenvalue weighted by Crippen LogP contribution is -2.32. The summed E-state index contributed by atoms with van der Waals surface area (Å²) in [5.41, 5.74) is 10.5. The summed E-state index contributed by atoms with van der Waals surface area (Å²) >= 11 is 0. The highest BCUT2D eigenvalue weighted by Crippen LogP contribution is 1.98. The van der Waals surface area contributed by atoms with Crippen LogP contribution in [-0.2, 0) is 19.1 Å². The van der Waals surface area contributed by atoms with Crippen molar-refractivity contribution in [2.75, 3.05) is 20.3 Å². The van der Waals surface area contributed by atoms with E-state index >= 15 is 0 Å². The van der Waals surface area contributed by atoms with Crippen LogP contribution in [-0.4, -0.2) is 38.2 Å². The molecule has 0 aromatic rings. The van der Waals surface area contributed by atoms with E-state index in [0.717, 1.165) is 0 Å². The zero-order chi connectivity index (χ0) is 11.0.